The molecule has 0 atom stereocenters. The molecule has 126 valence electrons. The molecule has 7 heteroatoms. The molecule has 0 saturated carbocycles. The number of anilines is 1. The van der Waals surface area contributed by atoms with Crippen molar-refractivity contribution in [3.8, 4) is 11.5 Å². The Balaban J connectivity index is 1.97. The first kappa shape index (κ1) is 18.2. The molecule has 0 aliphatic heterocycles. The van der Waals surface area contributed by atoms with Gasteiger partial charge in [0.2, 0.25) is 0 Å². The molecule has 0 bridgehead atoms. The quantitative estimate of drug-likeness (QED) is 0.513. The van der Waals surface area contributed by atoms with Crippen LogP contribution < -0.4 is 15.4 Å². The molecule has 2 aromatic carbocycles. The van der Waals surface area contributed by atoms with Gasteiger partial charge in [0.25, 0.3) is 5.91 Å². The van der Waals surface area contributed by atoms with Crippen molar-refractivity contribution >= 4 is 44.9 Å². The van der Waals surface area contributed by atoms with Gasteiger partial charge < -0.3 is 15.2 Å². The minimum Gasteiger partial charge on any atom is -0.508 e. The van der Waals surface area contributed by atoms with E-state index in [1.54, 1.807) is 30.3 Å². The number of halogens is 1. The predicted molar refractivity (Wildman–Crippen MR) is 102 cm³/mol. The summed E-state index contributed by atoms with van der Waals surface area (Å²) in [4.78, 5) is 12.2. The van der Waals surface area contributed by atoms with Crippen molar-refractivity contribution < 1.29 is 14.6 Å². The van der Waals surface area contributed by atoms with Crippen LogP contribution in [0.25, 0.3) is 0 Å². The number of phenolic OH excluding ortho intramolecular Hbond substituents is 1. The molecule has 0 unspecified atom stereocenters. The van der Waals surface area contributed by atoms with Crippen molar-refractivity contribution in [1.29, 1.82) is 0 Å². The molecule has 0 saturated heterocycles. The summed E-state index contributed by atoms with van der Waals surface area (Å²) in [5, 5.41) is 14.9. The van der Waals surface area contributed by atoms with Gasteiger partial charge in [0, 0.05) is 11.3 Å². The second kappa shape index (κ2) is 8.65. The maximum atomic E-state index is 12.2. The Kier molecular flexibility index (Phi) is 6.57. The zero-order chi connectivity index (χ0) is 17.5. The van der Waals surface area contributed by atoms with Crippen LogP contribution in [0.15, 0.2) is 46.9 Å². The van der Waals surface area contributed by atoms with E-state index in [0.29, 0.717) is 28.1 Å². The van der Waals surface area contributed by atoms with Crippen molar-refractivity contribution in [3.63, 3.8) is 0 Å². The molecule has 0 spiro atoms. The van der Waals surface area contributed by atoms with Gasteiger partial charge in [-0.05, 0) is 77.0 Å². The lowest BCUT2D eigenvalue weighted by Gasteiger charge is -2.11. The predicted octanol–water partition coefficient (Wildman–Crippen LogP) is 4.07. The van der Waals surface area contributed by atoms with Gasteiger partial charge in [0.05, 0.1) is 11.1 Å². The number of thiocarbonyl (C=S) groups is 1. The number of ether oxygens (including phenoxy) is 1. The van der Waals surface area contributed by atoms with Crippen LogP contribution in [0.4, 0.5) is 5.69 Å². The molecule has 3 N–H and O–H groups in total. The third-order valence-corrected chi connectivity index (χ3v) is 3.83. The van der Waals surface area contributed by atoms with Crippen LogP contribution in [0, 0.1) is 0 Å². The lowest BCUT2D eigenvalue weighted by atomic mass is 10.2. The van der Waals surface area contributed by atoms with E-state index in [9.17, 15) is 9.90 Å². The summed E-state index contributed by atoms with van der Waals surface area (Å²) in [6.07, 6.45) is 0.909. The highest BCUT2D eigenvalue weighted by atomic mass is 79.9. The molecule has 0 aliphatic carbocycles. The third-order valence-electron chi connectivity index (χ3n) is 3.01. The Hall–Kier alpha value is -2.12. The number of nitrogens with one attached hydrogen (secondary N) is 2. The standard InChI is InChI=1S/C17H17BrN2O3S/c1-2-9-23-15-8-3-11(10-14(15)18)16(22)20-17(24)19-12-4-6-13(21)7-5-12/h3-8,10,21H,2,9H2,1H3,(H2,19,20,22,24). The van der Waals surface area contributed by atoms with Crippen LogP contribution in [0.1, 0.15) is 23.7 Å². The molecule has 0 aromatic heterocycles. The minimum atomic E-state index is -0.325. The fourth-order valence-electron chi connectivity index (χ4n) is 1.85. The van der Waals surface area contributed by atoms with Gasteiger partial charge in [-0.3, -0.25) is 10.1 Å². The number of benzene rings is 2. The number of carbonyl (C=O) groups is 1. The highest BCUT2D eigenvalue weighted by Gasteiger charge is 2.11. The SMILES string of the molecule is CCCOc1ccc(C(=O)NC(=S)Nc2ccc(O)cc2)cc1Br. The minimum absolute atomic E-state index is 0.158. The van der Waals surface area contributed by atoms with E-state index < -0.39 is 0 Å². The molecule has 0 heterocycles. The van der Waals surface area contributed by atoms with Crippen molar-refractivity contribution in [2.45, 2.75) is 13.3 Å². The number of carbonyl (C=O) groups excluding carboxylic acids is 1. The first-order valence-corrected chi connectivity index (χ1v) is 8.53. The maximum absolute atomic E-state index is 12.2. The topological polar surface area (TPSA) is 70.6 Å². The summed E-state index contributed by atoms with van der Waals surface area (Å²) in [5.41, 5.74) is 1.13. The van der Waals surface area contributed by atoms with Crippen molar-refractivity contribution in [3.05, 3.63) is 52.5 Å². The van der Waals surface area contributed by atoms with Crippen LogP contribution in [0.5, 0.6) is 11.5 Å². The van der Waals surface area contributed by atoms with Gasteiger partial charge in [0.15, 0.2) is 5.11 Å². The number of hydrogen-bond donors (Lipinski definition) is 3. The van der Waals surface area contributed by atoms with Crippen LogP contribution in [0.2, 0.25) is 0 Å². The summed E-state index contributed by atoms with van der Waals surface area (Å²) in [6, 6.07) is 11.5. The zero-order valence-corrected chi connectivity index (χ0v) is 15.4. The van der Waals surface area contributed by atoms with Crippen LogP contribution in [-0.2, 0) is 0 Å². The monoisotopic (exact) mass is 408 g/mol. The van der Waals surface area contributed by atoms with E-state index in [4.69, 9.17) is 17.0 Å². The Morgan fingerprint density at radius 2 is 1.96 bits per heavy atom. The lowest BCUT2D eigenvalue weighted by molar-refractivity contribution is 0.0977. The van der Waals surface area contributed by atoms with E-state index in [1.807, 2.05) is 6.92 Å². The van der Waals surface area contributed by atoms with Crippen LogP contribution in [-0.4, -0.2) is 22.7 Å². The van der Waals surface area contributed by atoms with Gasteiger partial charge in [-0.15, -0.1) is 0 Å². The molecule has 2 aromatic rings. The van der Waals surface area contributed by atoms with Crippen molar-refractivity contribution in [2.75, 3.05) is 11.9 Å². The number of hydrogen-bond acceptors (Lipinski definition) is 4. The first-order valence-electron chi connectivity index (χ1n) is 7.33. The lowest BCUT2D eigenvalue weighted by Crippen LogP contribution is -2.34. The second-order valence-corrected chi connectivity index (χ2v) is 6.21. The average molecular weight is 409 g/mol. The van der Waals surface area contributed by atoms with Gasteiger partial charge in [-0.1, -0.05) is 6.92 Å². The smallest absolute Gasteiger partial charge is 0.257 e. The molecular formula is C17H17BrN2O3S. The van der Waals surface area contributed by atoms with Crippen LogP contribution >= 0.6 is 28.1 Å². The number of phenols is 1. The highest BCUT2D eigenvalue weighted by molar-refractivity contribution is 9.10. The van der Waals surface area contributed by atoms with Crippen LogP contribution in [0.3, 0.4) is 0 Å². The first-order chi connectivity index (χ1) is 11.5. The molecule has 24 heavy (non-hydrogen) atoms. The Morgan fingerprint density at radius 1 is 1.25 bits per heavy atom. The van der Waals surface area contributed by atoms with Gasteiger partial charge in [-0.2, -0.15) is 0 Å². The van der Waals surface area contributed by atoms with E-state index in [0.717, 1.165) is 6.42 Å². The Bertz CT molecular complexity index is 735. The fraction of sp³-hybridized carbons (Fsp3) is 0.176. The highest BCUT2D eigenvalue weighted by Crippen LogP contribution is 2.26. The molecule has 2 rings (SSSR count). The summed E-state index contributed by atoms with van der Waals surface area (Å²) >= 11 is 8.51. The van der Waals surface area contributed by atoms with Gasteiger partial charge in [-0.25, -0.2) is 0 Å². The number of aromatic hydroxyl groups is 1. The third kappa shape index (κ3) is 5.21. The molecule has 0 fully saturated rings. The maximum Gasteiger partial charge on any atom is 0.257 e. The van der Waals surface area contributed by atoms with Crippen molar-refractivity contribution in [2.24, 2.45) is 0 Å². The molecule has 0 radical (unpaired) electrons. The second-order valence-electron chi connectivity index (χ2n) is 4.95. The summed E-state index contributed by atoms with van der Waals surface area (Å²) < 4.78 is 6.26. The van der Waals surface area contributed by atoms with E-state index in [1.165, 1.54) is 12.1 Å². The van der Waals surface area contributed by atoms with E-state index in [2.05, 4.69) is 26.6 Å². The Morgan fingerprint density at radius 3 is 2.58 bits per heavy atom. The normalized spacial score (nSPS) is 10.1. The molecule has 5 nitrogen and oxygen atoms in total. The summed E-state index contributed by atoms with van der Waals surface area (Å²) in [5.74, 6) is 0.526. The number of amides is 1. The van der Waals surface area contributed by atoms with Gasteiger partial charge >= 0.3 is 0 Å². The van der Waals surface area contributed by atoms with Gasteiger partial charge in [0.1, 0.15) is 11.5 Å². The largest absolute Gasteiger partial charge is 0.508 e. The Labute approximate surface area is 154 Å². The molecule has 1 amide bonds. The molecule has 0 aliphatic rings. The summed E-state index contributed by atoms with van der Waals surface area (Å²) in [7, 11) is 0. The fourth-order valence-corrected chi connectivity index (χ4v) is 2.56. The van der Waals surface area contributed by atoms with E-state index >= 15 is 0 Å². The molecular weight excluding hydrogens is 392 g/mol. The summed E-state index contributed by atoms with van der Waals surface area (Å²) in [6.45, 7) is 2.64. The average Bonchev–Trinajstić information content (AvgIpc) is 2.55. The van der Waals surface area contributed by atoms with E-state index in [-0.39, 0.29) is 16.8 Å². The zero-order valence-electron chi connectivity index (χ0n) is 13.0. The van der Waals surface area contributed by atoms with Crippen molar-refractivity contribution in [1.82, 2.24) is 5.32 Å². The number of rotatable bonds is 5.